The summed E-state index contributed by atoms with van der Waals surface area (Å²) in [5, 5.41) is 9.82. The van der Waals surface area contributed by atoms with E-state index in [4.69, 9.17) is 9.47 Å². The van der Waals surface area contributed by atoms with Crippen LogP contribution >= 0.6 is 0 Å². The summed E-state index contributed by atoms with van der Waals surface area (Å²) in [6.07, 6.45) is 3.95. The topological polar surface area (TPSA) is 55.8 Å². The zero-order valence-corrected chi connectivity index (χ0v) is 13.5. The summed E-state index contributed by atoms with van der Waals surface area (Å²) in [5.41, 5.74) is -0.458. The lowest BCUT2D eigenvalue weighted by Gasteiger charge is -2.25. The second-order valence-corrected chi connectivity index (χ2v) is 6.87. The Kier molecular flexibility index (Phi) is 6.46. The van der Waals surface area contributed by atoms with E-state index < -0.39 is 5.60 Å². The molecule has 1 aliphatic rings. The number of carbonyl (C=O) groups excluding carboxylic acids is 1. The van der Waals surface area contributed by atoms with E-state index in [1.54, 1.807) is 0 Å². The van der Waals surface area contributed by atoms with Crippen LogP contribution in [0.1, 0.15) is 66.7 Å². The number of rotatable bonds is 6. The van der Waals surface area contributed by atoms with Gasteiger partial charge in [0.25, 0.3) is 0 Å². The van der Waals surface area contributed by atoms with Crippen LogP contribution in [0.4, 0.5) is 0 Å². The Morgan fingerprint density at radius 2 is 2.05 bits per heavy atom. The van der Waals surface area contributed by atoms with Gasteiger partial charge in [0.2, 0.25) is 0 Å². The fraction of sp³-hybridized carbons (Fsp3) is 0.938. The van der Waals surface area contributed by atoms with Crippen LogP contribution < -0.4 is 0 Å². The van der Waals surface area contributed by atoms with Gasteiger partial charge < -0.3 is 14.6 Å². The lowest BCUT2D eigenvalue weighted by atomic mass is 10.0. The summed E-state index contributed by atoms with van der Waals surface area (Å²) in [6, 6.07) is 0. The normalized spacial score (nSPS) is 26.3. The van der Waals surface area contributed by atoms with Crippen LogP contribution in [0.5, 0.6) is 0 Å². The monoisotopic (exact) mass is 286 g/mol. The summed E-state index contributed by atoms with van der Waals surface area (Å²) in [7, 11) is 0. The highest BCUT2D eigenvalue weighted by atomic mass is 16.6. The molecular formula is C16H30O4. The van der Waals surface area contributed by atoms with Crippen molar-refractivity contribution in [2.24, 2.45) is 5.92 Å². The van der Waals surface area contributed by atoms with E-state index >= 15 is 0 Å². The highest BCUT2D eigenvalue weighted by Crippen LogP contribution is 2.29. The summed E-state index contributed by atoms with van der Waals surface area (Å²) in [4.78, 5) is 12.0. The van der Waals surface area contributed by atoms with Crippen molar-refractivity contribution in [2.45, 2.75) is 90.6 Å². The molecule has 1 N–H and O–H groups in total. The van der Waals surface area contributed by atoms with Crippen LogP contribution in [-0.2, 0) is 14.3 Å². The Bertz CT molecular complexity index is 308. The number of aliphatic hydroxyl groups is 1. The number of aliphatic hydroxyl groups excluding tert-OH is 1. The average molecular weight is 286 g/mol. The van der Waals surface area contributed by atoms with Crippen LogP contribution in [-0.4, -0.2) is 35.0 Å². The van der Waals surface area contributed by atoms with E-state index in [0.717, 1.165) is 25.7 Å². The summed E-state index contributed by atoms with van der Waals surface area (Å²) < 4.78 is 11.3. The predicted octanol–water partition coefficient (Wildman–Crippen LogP) is 3.06. The molecule has 4 nitrogen and oxygen atoms in total. The predicted molar refractivity (Wildman–Crippen MR) is 78.4 cm³/mol. The molecule has 0 amide bonds. The molecule has 0 unspecified atom stereocenters. The van der Waals surface area contributed by atoms with E-state index in [2.05, 4.69) is 6.92 Å². The molecule has 0 aromatic rings. The molecule has 20 heavy (non-hydrogen) atoms. The maximum absolute atomic E-state index is 12.0. The van der Waals surface area contributed by atoms with Crippen molar-refractivity contribution in [3.05, 3.63) is 0 Å². The Morgan fingerprint density at radius 3 is 2.60 bits per heavy atom. The van der Waals surface area contributed by atoms with Crippen LogP contribution in [0.25, 0.3) is 0 Å². The van der Waals surface area contributed by atoms with Crippen molar-refractivity contribution in [3.8, 4) is 0 Å². The highest BCUT2D eigenvalue weighted by molar-refractivity contribution is 5.73. The highest BCUT2D eigenvalue weighted by Gasteiger charge is 2.35. The Balaban J connectivity index is 2.41. The van der Waals surface area contributed by atoms with Gasteiger partial charge in [0, 0.05) is 0 Å². The molecule has 0 spiro atoms. The molecule has 0 saturated carbocycles. The average Bonchev–Trinajstić information content (AvgIpc) is 2.74. The molecule has 0 aromatic carbocycles. The van der Waals surface area contributed by atoms with Gasteiger partial charge in [-0.15, -0.1) is 0 Å². The van der Waals surface area contributed by atoms with Crippen molar-refractivity contribution in [1.82, 2.24) is 0 Å². The van der Waals surface area contributed by atoms with Gasteiger partial charge in [-0.25, -0.2) is 0 Å². The number of hydrogen-bond acceptors (Lipinski definition) is 4. The van der Waals surface area contributed by atoms with E-state index in [9.17, 15) is 9.90 Å². The quantitative estimate of drug-likeness (QED) is 0.762. The maximum Gasteiger partial charge on any atom is 0.311 e. The first-order valence-corrected chi connectivity index (χ1v) is 7.79. The maximum atomic E-state index is 12.0. The Hall–Kier alpha value is -0.610. The molecule has 1 saturated heterocycles. The molecule has 1 rings (SSSR count). The molecule has 0 bridgehead atoms. The smallest absolute Gasteiger partial charge is 0.311 e. The number of hydrogen-bond donors (Lipinski definition) is 1. The van der Waals surface area contributed by atoms with E-state index in [0.29, 0.717) is 6.42 Å². The van der Waals surface area contributed by atoms with Crippen molar-refractivity contribution >= 4 is 5.97 Å². The minimum atomic E-state index is -0.458. The van der Waals surface area contributed by atoms with E-state index in [1.807, 2.05) is 27.7 Å². The molecule has 1 fully saturated rings. The molecular weight excluding hydrogens is 256 g/mol. The first-order chi connectivity index (χ1) is 9.23. The van der Waals surface area contributed by atoms with Gasteiger partial charge in [-0.2, -0.15) is 0 Å². The molecule has 1 aliphatic heterocycles. The SMILES string of the molecule is CCC[C@H](O)C[C@@H]1CC[C@H]([C@H](C)C(=O)OC(C)(C)C)O1. The lowest BCUT2D eigenvalue weighted by molar-refractivity contribution is -0.164. The third-order valence-electron chi connectivity index (χ3n) is 3.63. The van der Waals surface area contributed by atoms with Gasteiger partial charge in [-0.3, -0.25) is 4.79 Å². The van der Waals surface area contributed by atoms with Gasteiger partial charge in [-0.05, 0) is 53.4 Å². The number of esters is 1. The lowest BCUT2D eigenvalue weighted by Crippen LogP contribution is -2.33. The van der Waals surface area contributed by atoms with Crippen LogP contribution in [0.3, 0.4) is 0 Å². The first kappa shape index (κ1) is 17.4. The van der Waals surface area contributed by atoms with Crippen molar-refractivity contribution in [3.63, 3.8) is 0 Å². The zero-order valence-electron chi connectivity index (χ0n) is 13.5. The van der Waals surface area contributed by atoms with Crippen LogP contribution in [0.15, 0.2) is 0 Å². The summed E-state index contributed by atoms with van der Waals surface area (Å²) >= 11 is 0. The number of carbonyl (C=O) groups is 1. The van der Waals surface area contributed by atoms with E-state index in [1.165, 1.54) is 0 Å². The standard InChI is InChI=1S/C16H30O4/c1-6-7-12(17)10-13-8-9-14(19-13)11(2)15(18)20-16(3,4)5/h11-14,17H,6-10H2,1-5H3/t11-,12-,13-,14+/m0/s1. The Morgan fingerprint density at radius 1 is 1.40 bits per heavy atom. The minimum absolute atomic E-state index is 0.0754. The van der Waals surface area contributed by atoms with Crippen molar-refractivity contribution in [2.75, 3.05) is 0 Å². The number of ether oxygens (including phenoxy) is 2. The second-order valence-electron chi connectivity index (χ2n) is 6.87. The van der Waals surface area contributed by atoms with Gasteiger partial charge in [0.15, 0.2) is 0 Å². The minimum Gasteiger partial charge on any atom is -0.460 e. The molecule has 4 atom stereocenters. The third kappa shape index (κ3) is 5.80. The largest absolute Gasteiger partial charge is 0.460 e. The Labute approximate surface area is 122 Å². The molecule has 4 heteroatoms. The molecule has 0 aliphatic carbocycles. The third-order valence-corrected chi connectivity index (χ3v) is 3.63. The van der Waals surface area contributed by atoms with Gasteiger partial charge in [-0.1, -0.05) is 13.3 Å². The molecule has 0 radical (unpaired) electrons. The van der Waals surface area contributed by atoms with Gasteiger partial charge in [0.1, 0.15) is 5.60 Å². The molecule has 118 valence electrons. The van der Waals surface area contributed by atoms with Crippen LogP contribution in [0.2, 0.25) is 0 Å². The fourth-order valence-corrected chi connectivity index (χ4v) is 2.58. The molecule has 1 heterocycles. The van der Waals surface area contributed by atoms with Gasteiger partial charge >= 0.3 is 5.97 Å². The second kappa shape index (κ2) is 7.41. The summed E-state index contributed by atoms with van der Waals surface area (Å²) in [5.74, 6) is -0.445. The fourth-order valence-electron chi connectivity index (χ4n) is 2.58. The molecule has 0 aromatic heterocycles. The van der Waals surface area contributed by atoms with E-state index in [-0.39, 0.29) is 30.2 Å². The first-order valence-electron chi connectivity index (χ1n) is 7.79. The van der Waals surface area contributed by atoms with Crippen LogP contribution in [0, 0.1) is 5.92 Å². The van der Waals surface area contributed by atoms with Crippen molar-refractivity contribution < 1.29 is 19.4 Å². The zero-order chi connectivity index (χ0) is 15.3. The van der Waals surface area contributed by atoms with Gasteiger partial charge in [0.05, 0.1) is 24.2 Å². The van der Waals surface area contributed by atoms with Crippen molar-refractivity contribution in [1.29, 1.82) is 0 Å². The summed E-state index contributed by atoms with van der Waals surface area (Å²) in [6.45, 7) is 9.54.